The molecule has 0 spiro atoms. The number of aliphatic carboxylic acids is 1. The van der Waals surface area contributed by atoms with Crippen LogP contribution in [0.1, 0.15) is 17.7 Å². The van der Waals surface area contributed by atoms with Crippen LogP contribution in [0.4, 0.5) is 13.2 Å². The number of halogens is 3. The van der Waals surface area contributed by atoms with Gasteiger partial charge in [0.25, 0.3) is 0 Å². The highest BCUT2D eigenvalue weighted by Crippen LogP contribution is 2.46. The molecule has 1 aromatic rings. The monoisotopic (exact) mass is 299 g/mol. The first kappa shape index (κ1) is 15.3. The summed E-state index contributed by atoms with van der Waals surface area (Å²) in [6, 6.07) is 5.05. The minimum atomic E-state index is -4.80. The summed E-state index contributed by atoms with van der Waals surface area (Å²) in [6.45, 7) is -0.543. The van der Waals surface area contributed by atoms with E-state index in [0.717, 1.165) is 0 Å². The predicted octanol–water partition coefficient (Wildman–Crippen LogP) is 1.79. The first-order valence-electron chi connectivity index (χ1n) is 6.16. The van der Waals surface area contributed by atoms with E-state index in [1.54, 1.807) is 12.1 Å². The average Bonchev–Trinajstić information content (AvgIpc) is 2.84. The third kappa shape index (κ3) is 2.69. The highest BCUT2D eigenvalue weighted by atomic mass is 19.4. The maximum absolute atomic E-state index is 13.1. The zero-order valence-electron chi connectivity index (χ0n) is 10.9. The summed E-state index contributed by atoms with van der Waals surface area (Å²) in [4.78, 5) is 16.3. The van der Waals surface area contributed by atoms with E-state index in [1.165, 1.54) is 11.1 Å². The Morgan fingerprint density at radius 3 is 2.81 bits per heavy atom. The lowest BCUT2D eigenvalue weighted by molar-refractivity contribution is -0.227. The lowest BCUT2D eigenvalue weighted by atomic mass is 9.86. The van der Waals surface area contributed by atoms with E-state index in [1.807, 2.05) is 6.07 Å². The number of carboxylic acid groups (broad SMARTS) is 1. The van der Waals surface area contributed by atoms with Crippen molar-refractivity contribution < 1.29 is 23.1 Å². The van der Waals surface area contributed by atoms with Crippen molar-refractivity contribution >= 4 is 5.97 Å². The van der Waals surface area contributed by atoms with Crippen molar-refractivity contribution in [2.75, 3.05) is 13.1 Å². The number of carboxylic acids is 1. The van der Waals surface area contributed by atoms with Crippen molar-refractivity contribution in [1.29, 1.82) is 5.26 Å². The van der Waals surface area contributed by atoms with Crippen LogP contribution in [-0.2, 0) is 11.3 Å². The summed E-state index contributed by atoms with van der Waals surface area (Å²) in [6.07, 6.45) is -3.88. The third-order valence-electron chi connectivity index (χ3n) is 3.69. The largest absolute Gasteiger partial charge is 0.481 e. The van der Waals surface area contributed by atoms with Crippen LogP contribution in [0, 0.1) is 16.7 Å². The minimum Gasteiger partial charge on any atom is -0.481 e. The third-order valence-corrected chi connectivity index (χ3v) is 3.69. The van der Waals surface area contributed by atoms with E-state index in [2.05, 4.69) is 4.98 Å². The van der Waals surface area contributed by atoms with Crippen molar-refractivity contribution in [2.45, 2.75) is 19.1 Å². The summed E-state index contributed by atoms with van der Waals surface area (Å²) < 4.78 is 39.2. The van der Waals surface area contributed by atoms with Gasteiger partial charge in [0.05, 0.1) is 0 Å². The number of aromatic nitrogens is 1. The van der Waals surface area contributed by atoms with Crippen LogP contribution in [0.5, 0.6) is 0 Å². The number of rotatable bonds is 3. The van der Waals surface area contributed by atoms with Crippen molar-refractivity contribution in [2.24, 2.45) is 5.41 Å². The van der Waals surface area contributed by atoms with Crippen LogP contribution in [0.25, 0.3) is 0 Å². The number of likely N-dealkylation sites (tertiary alicyclic amines) is 1. The van der Waals surface area contributed by atoms with Gasteiger partial charge in [-0.25, -0.2) is 4.98 Å². The number of nitriles is 1. The zero-order chi connectivity index (χ0) is 15.7. The summed E-state index contributed by atoms with van der Waals surface area (Å²) >= 11 is 0. The Labute approximate surface area is 118 Å². The SMILES string of the molecule is N#Cc1ncccc1CN1CCC(C(=O)O)(C(F)(F)F)C1. The molecule has 1 atom stereocenters. The molecule has 1 aliphatic heterocycles. The summed E-state index contributed by atoms with van der Waals surface area (Å²) in [5.41, 5.74) is -2.11. The molecule has 5 nitrogen and oxygen atoms in total. The number of hydrogen-bond donors (Lipinski definition) is 1. The van der Waals surface area contributed by atoms with Gasteiger partial charge in [-0.15, -0.1) is 0 Å². The highest BCUT2D eigenvalue weighted by Gasteiger charge is 2.63. The van der Waals surface area contributed by atoms with E-state index in [4.69, 9.17) is 10.4 Å². The zero-order valence-corrected chi connectivity index (χ0v) is 10.9. The van der Waals surface area contributed by atoms with Gasteiger partial charge in [-0.3, -0.25) is 9.69 Å². The van der Waals surface area contributed by atoms with Crippen molar-refractivity contribution in [1.82, 2.24) is 9.88 Å². The van der Waals surface area contributed by atoms with Crippen LogP contribution >= 0.6 is 0 Å². The second-order valence-electron chi connectivity index (χ2n) is 4.97. The predicted molar refractivity (Wildman–Crippen MR) is 65.0 cm³/mol. The maximum atomic E-state index is 13.1. The molecule has 0 aliphatic carbocycles. The topological polar surface area (TPSA) is 77.2 Å². The molecule has 0 amide bonds. The Morgan fingerprint density at radius 1 is 1.57 bits per heavy atom. The summed E-state index contributed by atoms with van der Waals surface area (Å²) in [5.74, 6) is -1.86. The number of pyridine rings is 1. The van der Waals surface area contributed by atoms with Crippen LogP contribution in [0.2, 0.25) is 0 Å². The molecule has 1 aromatic heterocycles. The van der Waals surface area contributed by atoms with Crippen molar-refractivity contribution in [3.63, 3.8) is 0 Å². The first-order valence-corrected chi connectivity index (χ1v) is 6.16. The molecule has 0 radical (unpaired) electrons. The Balaban J connectivity index is 2.19. The minimum absolute atomic E-state index is 0.00553. The van der Waals surface area contributed by atoms with Crippen molar-refractivity contribution in [3.8, 4) is 6.07 Å². The molecule has 1 aliphatic rings. The Bertz CT molecular complexity index is 597. The molecule has 0 saturated carbocycles. The average molecular weight is 299 g/mol. The molecule has 8 heteroatoms. The van der Waals surface area contributed by atoms with Crippen molar-refractivity contribution in [3.05, 3.63) is 29.6 Å². The molecule has 0 bridgehead atoms. The normalized spacial score (nSPS) is 23.0. The van der Waals surface area contributed by atoms with Crippen LogP contribution in [-0.4, -0.2) is 40.2 Å². The lowest BCUT2D eigenvalue weighted by Crippen LogP contribution is -2.47. The number of carbonyl (C=O) groups is 1. The van der Waals surface area contributed by atoms with Gasteiger partial charge in [-0.1, -0.05) is 6.07 Å². The van der Waals surface area contributed by atoms with E-state index < -0.39 is 30.5 Å². The molecule has 1 unspecified atom stereocenters. The maximum Gasteiger partial charge on any atom is 0.406 e. The van der Waals surface area contributed by atoms with Gasteiger partial charge in [0.2, 0.25) is 0 Å². The fourth-order valence-electron chi connectivity index (χ4n) is 2.46. The summed E-state index contributed by atoms with van der Waals surface area (Å²) in [7, 11) is 0. The van der Waals surface area contributed by atoms with Gasteiger partial charge < -0.3 is 5.11 Å². The van der Waals surface area contributed by atoms with E-state index in [0.29, 0.717) is 5.56 Å². The van der Waals surface area contributed by atoms with Gasteiger partial charge in [-0.05, 0) is 12.5 Å². The van der Waals surface area contributed by atoms with Gasteiger partial charge in [0.15, 0.2) is 5.41 Å². The molecule has 1 saturated heterocycles. The molecular weight excluding hydrogens is 287 g/mol. The van der Waals surface area contributed by atoms with E-state index in [9.17, 15) is 18.0 Å². The van der Waals surface area contributed by atoms with E-state index >= 15 is 0 Å². The van der Waals surface area contributed by atoms with E-state index in [-0.39, 0.29) is 18.8 Å². The summed E-state index contributed by atoms with van der Waals surface area (Å²) in [5, 5.41) is 17.9. The first-order chi connectivity index (χ1) is 9.80. The number of alkyl halides is 3. The molecule has 2 rings (SSSR count). The Hall–Kier alpha value is -2.14. The van der Waals surface area contributed by atoms with Gasteiger partial charge in [0.1, 0.15) is 11.8 Å². The lowest BCUT2D eigenvalue weighted by Gasteiger charge is -2.27. The van der Waals surface area contributed by atoms with Crippen LogP contribution < -0.4 is 0 Å². The van der Waals surface area contributed by atoms with Crippen LogP contribution in [0.3, 0.4) is 0 Å². The number of nitrogens with zero attached hydrogens (tertiary/aromatic N) is 3. The van der Waals surface area contributed by atoms with Gasteiger partial charge >= 0.3 is 12.1 Å². The molecule has 1 fully saturated rings. The molecule has 112 valence electrons. The van der Waals surface area contributed by atoms with Gasteiger partial charge in [-0.2, -0.15) is 18.4 Å². The molecule has 21 heavy (non-hydrogen) atoms. The fourth-order valence-corrected chi connectivity index (χ4v) is 2.46. The smallest absolute Gasteiger partial charge is 0.406 e. The second kappa shape index (κ2) is 5.33. The fraction of sp³-hybridized carbons (Fsp3) is 0.462. The second-order valence-corrected chi connectivity index (χ2v) is 4.97. The van der Waals surface area contributed by atoms with Crippen LogP contribution in [0.15, 0.2) is 18.3 Å². The standard InChI is InChI=1S/C13H12F3N3O2/c14-13(15,16)12(11(20)21)3-5-19(8-12)7-9-2-1-4-18-10(9)6-17/h1-2,4H,3,5,7-8H2,(H,20,21). The molecule has 0 aromatic carbocycles. The Morgan fingerprint density at radius 2 is 2.29 bits per heavy atom. The highest BCUT2D eigenvalue weighted by molar-refractivity contribution is 5.76. The molecule has 2 heterocycles. The van der Waals surface area contributed by atoms with Gasteiger partial charge in [0, 0.05) is 31.4 Å². The molecule has 1 N–H and O–H groups in total. The Kier molecular flexibility index (Phi) is 3.87. The quantitative estimate of drug-likeness (QED) is 0.920. The molecular formula is C13H12F3N3O2. The number of hydrogen-bond acceptors (Lipinski definition) is 4.